The monoisotopic (exact) mass is 268 g/mol. The number of amides is 1. The van der Waals surface area contributed by atoms with E-state index in [4.69, 9.17) is 17.4 Å². The molecule has 1 amide bonds. The number of aromatic nitrogens is 1. The first-order valence-corrected chi connectivity index (χ1v) is 5.98. The van der Waals surface area contributed by atoms with Crippen molar-refractivity contribution in [3.63, 3.8) is 0 Å². The van der Waals surface area contributed by atoms with Gasteiger partial charge in [-0.15, -0.1) is 0 Å². The van der Waals surface area contributed by atoms with Gasteiger partial charge in [0.2, 0.25) is 0 Å². The fraction of sp³-hybridized carbons (Fsp3) is 0. The van der Waals surface area contributed by atoms with Gasteiger partial charge in [0.05, 0.1) is 16.3 Å². The zero-order chi connectivity index (χ0) is 12.3. The average molecular weight is 269 g/mol. The van der Waals surface area contributed by atoms with Crippen LogP contribution < -0.4 is 16.6 Å². The van der Waals surface area contributed by atoms with Gasteiger partial charge in [-0.3, -0.25) is 4.79 Å². The summed E-state index contributed by atoms with van der Waals surface area (Å²) in [5.74, 6) is 5.26. The smallest absolute Gasteiger partial charge is 0.257 e. The van der Waals surface area contributed by atoms with E-state index in [2.05, 4.69) is 15.7 Å². The lowest BCUT2D eigenvalue weighted by molar-refractivity contribution is 0.102. The van der Waals surface area contributed by atoms with E-state index < -0.39 is 0 Å². The molecule has 0 saturated heterocycles. The summed E-state index contributed by atoms with van der Waals surface area (Å²) >= 11 is 7.38. The maximum Gasteiger partial charge on any atom is 0.257 e. The summed E-state index contributed by atoms with van der Waals surface area (Å²) < 4.78 is 0. The molecule has 0 atom stereocenters. The summed E-state index contributed by atoms with van der Waals surface area (Å²) in [5, 5.41) is 6.73. The van der Waals surface area contributed by atoms with Crippen molar-refractivity contribution in [3.05, 3.63) is 39.7 Å². The van der Waals surface area contributed by atoms with E-state index in [9.17, 15) is 4.79 Å². The number of nitrogen functional groups attached to an aromatic ring is 1. The van der Waals surface area contributed by atoms with Gasteiger partial charge in [0.15, 0.2) is 5.82 Å². The molecule has 0 aromatic carbocycles. The van der Waals surface area contributed by atoms with Crippen LogP contribution in [0.25, 0.3) is 0 Å². The Kier molecular flexibility index (Phi) is 3.58. The van der Waals surface area contributed by atoms with Crippen LogP contribution in [0.4, 0.5) is 11.5 Å². The molecule has 0 aliphatic heterocycles. The first-order valence-electron chi connectivity index (χ1n) is 4.66. The van der Waals surface area contributed by atoms with E-state index in [-0.39, 0.29) is 5.91 Å². The number of nitrogens with zero attached hydrogens (tertiary/aromatic N) is 1. The number of hydrazine groups is 1. The number of rotatable bonds is 3. The van der Waals surface area contributed by atoms with E-state index in [0.29, 0.717) is 16.4 Å². The van der Waals surface area contributed by atoms with E-state index in [1.807, 2.05) is 16.8 Å². The first-order chi connectivity index (χ1) is 8.20. The summed E-state index contributed by atoms with van der Waals surface area (Å²) in [6.07, 6.45) is 1.41. The summed E-state index contributed by atoms with van der Waals surface area (Å²) in [5.41, 5.74) is 3.46. The summed E-state index contributed by atoms with van der Waals surface area (Å²) in [6.45, 7) is 0. The maximum absolute atomic E-state index is 11.8. The van der Waals surface area contributed by atoms with Crippen LogP contribution in [0.3, 0.4) is 0 Å². The van der Waals surface area contributed by atoms with Gasteiger partial charge in [-0.05, 0) is 17.5 Å². The highest BCUT2D eigenvalue weighted by Gasteiger charge is 2.09. The number of anilines is 2. The predicted octanol–water partition coefficient (Wildman–Crippen LogP) is 2.33. The van der Waals surface area contributed by atoms with Gasteiger partial charge in [0, 0.05) is 11.6 Å². The van der Waals surface area contributed by atoms with Crippen molar-refractivity contribution in [1.29, 1.82) is 0 Å². The maximum atomic E-state index is 11.8. The Morgan fingerprint density at radius 1 is 1.53 bits per heavy atom. The lowest BCUT2D eigenvalue weighted by atomic mass is 10.2. The van der Waals surface area contributed by atoms with Crippen LogP contribution in [0.1, 0.15) is 10.4 Å². The van der Waals surface area contributed by atoms with E-state index >= 15 is 0 Å². The molecule has 0 bridgehead atoms. The summed E-state index contributed by atoms with van der Waals surface area (Å²) in [6, 6.07) is 3.32. The largest absolute Gasteiger partial charge is 0.321 e. The zero-order valence-electron chi connectivity index (χ0n) is 8.61. The van der Waals surface area contributed by atoms with Gasteiger partial charge in [0.25, 0.3) is 5.91 Å². The van der Waals surface area contributed by atoms with Crippen molar-refractivity contribution in [3.8, 4) is 0 Å². The molecule has 0 saturated carbocycles. The highest BCUT2D eigenvalue weighted by molar-refractivity contribution is 7.08. The summed E-state index contributed by atoms with van der Waals surface area (Å²) in [7, 11) is 0. The molecule has 4 N–H and O–H groups in total. The second-order valence-corrected chi connectivity index (χ2v) is 4.35. The van der Waals surface area contributed by atoms with Crippen molar-refractivity contribution in [2.75, 3.05) is 10.7 Å². The van der Waals surface area contributed by atoms with Gasteiger partial charge in [0.1, 0.15) is 0 Å². The van der Waals surface area contributed by atoms with Crippen LogP contribution in [0.5, 0.6) is 0 Å². The van der Waals surface area contributed by atoms with Gasteiger partial charge in [-0.25, -0.2) is 10.8 Å². The fourth-order valence-electron chi connectivity index (χ4n) is 1.21. The van der Waals surface area contributed by atoms with Crippen LogP contribution >= 0.6 is 22.9 Å². The van der Waals surface area contributed by atoms with Crippen LogP contribution in [-0.4, -0.2) is 10.9 Å². The molecular formula is C10H9ClN4OS. The Morgan fingerprint density at radius 3 is 2.94 bits per heavy atom. The number of nitrogens with two attached hydrogens (primary N) is 1. The highest BCUT2D eigenvalue weighted by atomic mass is 35.5. The first kappa shape index (κ1) is 11.8. The quantitative estimate of drug-likeness (QED) is 0.590. The second kappa shape index (κ2) is 5.13. The van der Waals surface area contributed by atoms with Crippen LogP contribution in [0.2, 0.25) is 5.02 Å². The number of pyridine rings is 1. The van der Waals surface area contributed by atoms with Crippen molar-refractivity contribution < 1.29 is 4.79 Å². The van der Waals surface area contributed by atoms with Crippen LogP contribution in [0.15, 0.2) is 29.1 Å². The van der Waals surface area contributed by atoms with Crippen LogP contribution in [-0.2, 0) is 0 Å². The average Bonchev–Trinajstić information content (AvgIpc) is 2.81. The minimum atomic E-state index is -0.263. The topological polar surface area (TPSA) is 80.0 Å². The molecule has 2 rings (SSSR count). The van der Waals surface area contributed by atoms with Crippen LogP contribution in [0, 0.1) is 0 Å². The second-order valence-electron chi connectivity index (χ2n) is 3.16. The third-order valence-corrected chi connectivity index (χ3v) is 2.99. The van der Waals surface area contributed by atoms with Crippen molar-refractivity contribution >= 4 is 40.4 Å². The normalized spacial score (nSPS) is 10.0. The predicted molar refractivity (Wildman–Crippen MR) is 69.3 cm³/mol. The minimum absolute atomic E-state index is 0.263. The van der Waals surface area contributed by atoms with Gasteiger partial charge >= 0.3 is 0 Å². The number of nitrogens with one attached hydrogen (secondary N) is 2. The Morgan fingerprint density at radius 2 is 2.35 bits per heavy atom. The molecule has 0 radical (unpaired) electrons. The molecule has 0 unspecified atom stereocenters. The number of carbonyl (C=O) groups excluding carboxylic acids is 1. The standard InChI is InChI=1S/C10H9ClN4OS/c11-8-3-6(4-13-9(8)15-12)10(16)14-7-1-2-17-5-7/h1-5H,12H2,(H,13,15)(H,14,16). The highest BCUT2D eigenvalue weighted by Crippen LogP contribution is 2.20. The van der Waals surface area contributed by atoms with Crippen molar-refractivity contribution in [2.24, 2.45) is 5.84 Å². The Labute approximate surface area is 107 Å². The molecule has 0 aliphatic carbocycles. The molecule has 88 valence electrons. The molecule has 2 aromatic heterocycles. The Hall–Kier alpha value is -1.63. The SMILES string of the molecule is NNc1ncc(C(=O)Nc2ccsc2)cc1Cl. The Bertz CT molecular complexity index is 529. The fourth-order valence-corrected chi connectivity index (χ4v) is 2.02. The molecule has 2 heterocycles. The van der Waals surface area contributed by atoms with Crippen molar-refractivity contribution in [2.45, 2.75) is 0 Å². The molecule has 0 aliphatic rings. The number of halogens is 1. The molecule has 17 heavy (non-hydrogen) atoms. The van der Waals surface area contributed by atoms with E-state index in [0.717, 1.165) is 5.69 Å². The van der Waals surface area contributed by atoms with E-state index in [1.54, 1.807) is 0 Å². The molecule has 7 heteroatoms. The molecular weight excluding hydrogens is 260 g/mol. The van der Waals surface area contributed by atoms with Gasteiger partial charge < -0.3 is 10.7 Å². The third kappa shape index (κ3) is 2.73. The lowest BCUT2D eigenvalue weighted by Gasteiger charge is -2.05. The minimum Gasteiger partial charge on any atom is -0.321 e. The number of thiophene rings is 1. The number of carbonyl (C=O) groups is 1. The molecule has 2 aromatic rings. The van der Waals surface area contributed by atoms with Gasteiger partial charge in [-0.2, -0.15) is 11.3 Å². The zero-order valence-corrected chi connectivity index (χ0v) is 10.2. The summed E-state index contributed by atoms with van der Waals surface area (Å²) in [4.78, 5) is 15.7. The van der Waals surface area contributed by atoms with Crippen molar-refractivity contribution in [1.82, 2.24) is 4.98 Å². The lowest BCUT2D eigenvalue weighted by Crippen LogP contribution is -2.13. The molecule has 0 spiro atoms. The molecule has 0 fully saturated rings. The number of hydrogen-bond acceptors (Lipinski definition) is 5. The third-order valence-electron chi connectivity index (χ3n) is 2.02. The number of hydrogen-bond donors (Lipinski definition) is 3. The van der Waals surface area contributed by atoms with E-state index in [1.165, 1.54) is 23.6 Å². The van der Waals surface area contributed by atoms with Gasteiger partial charge in [-0.1, -0.05) is 11.6 Å². The Balaban J connectivity index is 2.17. The molecule has 5 nitrogen and oxygen atoms in total.